The van der Waals surface area contributed by atoms with Gasteiger partial charge in [0, 0.05) is 45.6 Å². The highest BCUT2D eigenvalue weighted by Crippen LogP contribution is 2.25. The van der Waals surface area contributed by atoms with Crippen molar-refractivity contribution in [3.63, 3.8) is 0 Å². The first-order valence-corrected chi connectivity index (χ1v) is 9.63. The predicted molar refractivity (Wildman–Crippen MR) is 104 cm³/mol. The van der Waals surface area contributed by atoms with Crippen molar-refractivity contribution in [3.8, 4) is 11.3 Å². The van der Waals surface area contributed by atoms with Crippen LogP contribution >= 0.6 is 0 Å². The molecule has 2 heterocycles. The molecule has 0 bridgehead atoms. The van der Waals surface area contributed by atoms with Crippen LogP contribution in [0.4, 0.5) is 4.39 Å². The Bertz CT molecular complexity index is 739. The van der Waals surface area contributed by atoms with E-state index in [-0.39, 0.29) is 11.7 Å². The number of hydrogen-bond acceptors (Lipinski definition) is 4. The van der Waals surface area contributed by atoms with Crippen molar-refractivity contribution in [2.75, 3.05) is 46.3 Å². The Morgan fingerprint density at radius 2 is 1.93 bits per heavy atom. The molecule has 27 heavy (non-hydrogen) atoms. The standard InChI is InChI=1S/C21H28FN3O2/c1-24-13-15-25(16-14-24)12-4-11-23-21(26)10-8-17-7-9-20(27-17)18-5-2-3-6-19(18)22/h2-3,5-7,9H,4,8,10-16H2,1H3,(H,23,26). The molecule has 1 N–H and O–H groups in total. The van der Waals surface area contributed by atoms with Crippen molar-refractivity contribution in [1.82, 2.24) is 15.1 Å². The maximum Gasteiger partial charge on any atom is 0.220 e. The van der Waals surface area contributed by atoms with E-state index in [2.05, 4.69) is 22.2 Å². The van der Waals surface area contributed by atoms with Crippen molar-refractivity contribution >= 4 is 5.91 Å². The summed E-state index contributed by atoms with van der Waals surface area (Å²) in [5.74, 6) is 0.908. The lowest BCUT2D eigenvalue weighted by molar-refractivity contribution is -0.121. The van der Waals surface area contributed by atoms with Gasteiger partial charge in [0.2, 0.25) is 5.91 Å². The molecule has 1 fully saturated rings. The molecular weight excluding hydrogens is 345 g/mol. The van der Waals surface area contributed by atoms with Gasteiger partial charge in [0.25, 0.3) is 0 Å². The fourth-order valence-electron chi connectivity index (χ4n) is 3.25. The van der Waals surface area contributed by atoms with Crippen LogP contribution in [0.2, 0.25) is 0 Å². The second-order valence-corrected chi connectivity index (χ2v) is 7.09. The molecular formula is C21H28FN3O2. The van der Waals surface area contributed by atoms with Crippen molar-refractivity contribution in [1.29, 1.82) is 0 Å². The Kier molecular flexibility index (Phi) is 7.01. The highest BCUT2D eigenvalue weighted by molar-refractivity contribution is 5.76. The number of aryl methyl sites for hydroxylation is 1. The molecule has 0 atom stereocenters. The number of nitrogens with zero attached hydrogens (tertiary/aromatic N) is 2. The van der Waals surface area contributed by atoms with Crippen LogP contribution in [-0.4, -0.2) is 62.0 Å². The van der Waals surface area contributed by atoms with Crippen molar-refractivity contribution < 1.29 is 13.6 Å². The molecule has 1 aromatic carbocycles. The topological polar surface area (TPSA) is 48.7 Å². The lowest BCUT2D eigenvalue weighted by Crippen LogP contribution is -2.45. The van der Waals surface area contributed by atoms with E-state index >= 15 is 0 Å². The largest absolute Gasteiger partial charge is 0.461 e. The molecule has 5 nitrogen and oxygen atoms in total. The fraction of sp³-hybridized carbons (Fsp3) is 0.476. The molecule has 0 aliphatic carbocycles. The smallest absolute Gasteiger partial charge is 0.220 e. The minimum atomic E-state index is -0.309. The highest BCUT2D eigenvalue weighted by Gasteiger charge is 2.13. The molecule has 0 unspecified atom stereocenters. The molecule has 1 aromatic heterocycles. The van der Waals surface area contributed by atoms with Gasteiger partial charge < -0.3 is 19.5 Å². The summed E-state index contributed by atoms with van der Waals surface area (Å²) in [6.07, 6.45) is 1.85. The van der Waals surface area contributed by atoms with Gasteiger partial charge in [0.15, 0.2) is 0 Å². The van der Waals surface area contributed by atoms with E-state index < -0.39 is 0 Å². The second kappa shape index (κ2) is 9.67. The van der Waals surface area contributed by atoms with Crippen LogP contribution in [0.5, 0.6) is 0 Å². The zero-order valence-electron chi connectivity index (χ0n) is 15.9. The van der Waals surface area contributed by atoms with Crippen molar-refractivity contribution in [2.45, 2.75) is 19.3 Å². The Morgan fingerprint density at radius 3 is 2.70 bits per heavy atom. The summed E-state index contributed by atoms with van der Waals surface area (Å²) in [7, 11) is 2.15. The molecule has 146 valence electrons. The van der Waals surface area contributed by atoms with E-state index in [0.29, 0.717) is 36.5 Å². The zero-order chi connectivity index (χ0) is 19.1. The number of halogens is 1. The lowest BCUT2D eigenvalue weighted by atomic mass is 10.1. The molecule has 6 heteroatoms. The molecule has 3 rings (SSSR count). The van der Waals surface area contributed by atoms with Gasteiger partial charge in [-0.2, -0.15) is 0 Å². The number of furan rings is 1. The van der Waals surface area contributed by atoms with Gasteiger partial charge in [-0.1, -0.05) is 12.1 Å². The normalized spacial score (nSPS) is 15.8. The molecule has 0 radical (unpaired) electrons. The summed E-state index contributed by atoms with van der Waals surface area (Å²) in [5, 5.41) is 2.97. The zero-order valence-corrected chi connectivity index (χ0v) is 15.9. The van der Waals surface area contributed by atoms with Crippen LogP contribution in [0.25, 0.3) is 11.3 Å². The third-order valence-corrected chi connectivity index (χ3v) is 4.97. The number of hydrogen-bond donors (Lipinski definition) is 1. The van der Waals surface area contributed by atoms with Crippen LogP contribution in [-0.2, 0) is 11.2 Å². The SMILES string of the molecule is CN1CCN(CCCNC(=O)CCc2ccc(-c3ccccc3F)o2)CC1. The monoisotopic (exact) mass is 373 g/mol. The van der Waals surface area contributed by atoms with Gasteiger partial charge >= 0.3 is 0 Å². The fourth-order valence-corrected chi connectivity index (χ4v) is 3.25. The maximum absolute atomic E-state index is 13.8. The Balaban J connectivity index is 1.34. The number of carbonyl (C=O) groups is 1. The molecule has 1 aliphatic rings. The van der Waals surface area contributed by atoms with Gasteiger partial charge in [-0.25, -0.2) is 4.39 Å². The predicted octanol–water partition coefficient (Wildman–Crippen LogP) is 2.77. The van der Waals surface area contributed by atoms with Gasteiger partial charge in [-0.05, 0) is 44.3 Å². The van der Waals surface area contributed by atoms with Crippen LogP contribution in [0.1, 0.15) is 18.6 Å². The summed E-state index contributed by atoms with van der Waals surface area (Å²) in [5.41, 5.74) is 0.442. The summed E-state index contributed by atoms with van der Waals surface area (Å²) < 4.78 is 19.5. The van der Waals surface area contributed by atoms with E-state index in [1.807, 2.05) is 6.07 Å². The van der Waals surface area contributed by atoms with Gasteiger partial charge in [-0.15, -0.1) is 0 Å². The average Bonchev–Trinajstić information content (AvgIpc) is 3.14. The number of benzene rings is 1. The molecule has 1 aliphatic heterocycles. The summed E-state index contributed by atoms with van der Waals surface area (Å²) in [6.45, 7) is 6.16. The van der Waals surface area contributed by atoms with E-state index in [0.717, 1.165) is 39.1 Å². The van der Waals surface area contributed by atoms with Crippen LogP contribution in [0.3, 0.4) is 0 Å². The van der Waals surface area contributed by atoms with Crippen LogP contribution < -0.4 is 5.32 Å². The van der Waals surface area contributed by atoms with Crippen LogP contribution in [0.15, 0.2) is 40.8 Å². The first-order chi connectivity index (χ1) is 13.1. The number of amides is 1. The lowest BCUT2D eigenvalue weighted by Gasteiger charge is -2.32. The molecule has 2 aromatic rings. The summed E-state index contributed by atoms with van der Waals surface area (Å²) in [4.78, 5) is 16.8. The van der Waals surface area contributed by atoms with E-state index in [9.17, 15) is 9.18 Å². The van der Waals surface area contributed by atoms with Crippen molar-refractivity contribution in [2.24, 2.45) is 0 Å². The Morgan fingerprint density at radius 1 is 1.15 bits per heavy atom. The van der Waals surface area contributed by atoms with E-state index in [1.54, 1.807) is 24.3 Å². The average molecular weight is 373 g/mol. The van der Waals surface area contributed by atoms with E-state index in [4.69, 9.17) is 4.42 Å². The first kappa shape index (κ1) is 19.6. The molecule has 1 amide bonds. The third-order valence-electron chi connectivity index (χ3n) is 4.97. The highest BCUT2D eigenvalue weighted by atomic mass is 19.1. The van der Waals surface area contributed by atoms with Gasteiger partial charge in [0.05, 0.1) is 5.56 Å². The minimum absolute atomic E-state index is 0.0252. The van der Waals surface area contributed by atoms with Gasteiger partial charge in [-0.3, -0.25) is 4.79 Å². The quantitative estimate of drug-likeness (QED) is 0.723. The minimum Gasteiger partial charge on any atom is -0.461 e. The Hall–Kier alpha value is -2.18. The summed E-state index contributed by atoms with van der Waals surface area (Å²) in [6, 6.07) is 10.1. The molecule has 0 spiro atoms. The number of likely N-dealkylation sites (N-methyl/N-ethyl adjacent to an activating group) is 1. The second-order valence-electron chi connectivity index (χ2n) is 7.09. The number of piperazine rings is 1. The molecule has 1 saturated heterocycles. The van der Waals surface area contributed by atoms with Crippen LogP contribution in [0, 0.1) is 5.82 Å². The third kappa shape index (κ3) is 5.91. The number of rotatable bonds is 8. The summed E-state index contributed by atoms with van der Waals surface area (Å²) >= 11 is 0. The van der Waals surface area contributed by atoms with Crippen molar-refractivity contribution in [3.05, 3.63) is 48.0 Å². The molecule has 0 saturated carbocycles. The number of carbonyl (C=O) groups excluding carboxylic acids is 1. The number of nitrogens with one attached hydrogen (secondary N) is 1. The van der Waals surface area contributed by atoms with Gasteiger partial charge in [0.1, 0.15) is 17.3 Å². The maximum atomic E-state index is 13.8. The Labute approximate surface area is 160 Å². The first-order valence-electron chi connectivity index (χ1n) is 9.63. The van der Waals surface area contributed by atoms with E-state index in [1.165, 1.54) is 6.07 Å².